The molecule has 0 radical (unpaired) electrons. The van der Waals surface area contributed by atoms with E-state index in [0.717, 1.165) is 24.4 Å². The molecule has 162 valence electrons. The van der Waals surface area contributed by atoms with Gasteiger partial charge in [-0.2, -0.15) is 0 Å². The van der Waals surface area contributed by atoms with Crippen LogP contribution in [0.15, 0.2) is 18.2 Å². The molecule has 0 saturated carbocycles. The van der Waals surface area contributed by atoms with E-state index in [9.17, 15) is 0 Å². The minimum Gasteiger partial charge on any atom is -0.496 e. The molecule has 1 aromatic carbocycles. The lowest BCUT2D eigenvalue weighted by molar-refractivity contribution is 0.0982. The second-order valence-corrected chi connectivity index (χ2v) is 8.44. The standard InChI is InChI=1S/C22H33N7O/c1-15-12-17(22-25-20(23)14-21(24)26-22)19(30-3)13-18(15)29-6-4-16(5-7-29)28-10-8-27(2)9-11-28/h12-14,16H,4-11H2,1-3H3,(H4,23,24,25,26). The average Bonchev–Trinajstić information content (AvgIpc) is 2.73. The van der Waals surface area contributed by atoms with Gasteiger partial charge in [-0.05, 0) is 38.4 Å². The summed E-state index contributed by atoms with van der Waals surface area (Å²) in [5.41, 5.74) is 14.9. The van der Waals surface area contributed by atoms with E-state index in [1.54, 1.807) is 13.2 Å². The van der Waals surface area contributed by atoms with Gasteiger partial charge in [-0.15, -0.1) is 0 Å². The summed E-state index contributed by atoms with van der Waals surface area (Å²) in [5.74, 6) is 1.94. The Balaban J connectivity index is 1.51. The number of rotatable bonds is 4. The van der Waals surface area contributed by atoms with Gasteiger partial charge in [-0.3, -0.25) is 4.90 Å². The van der Waals surface area contributed by atoms with E-state index in [-0.39, 0.29) is 0 Å². The van der Waals surface area contributed by atoms with Gasteiger partial charge in [0.1, 0.15) is 17.4 Å². The van der Waals surface area contributed by atoms with E-state index < -0.39 is 0 Å². The first kappa shape index (κ1) is 20.7. The van der Waals surface area contributed by atoms with Crippen molar-refractivity contribution < 1.29 is 4.74 Å². The lowest BCUT2D eigenvalue weighted by atomic mass is 9.99. The number of aromatic nitrogens is 2. The fourth-order valence-corrected chi connectivity index (χ4v) is 4.63. The Morgan fingerprint density at radius 3 is 2.17 bits per heavy atom. The Hall–Kier alpha value is -2.58. The Morgan fingerprint density at radius 2 is 1.57 bits per heavy atom. The first-order valence-electron chi connectivity index (χ1n) is 10.7. The normalized spacial score (nSPS) is 19.2. The number of likely N-dealkylation sites (N-methyl/N-ethyl adjacent to an activating group) is 1. The summed E-state index contributed by atoms with van der Waals surface area (Å²) in [4.78, 5) is 16.3. The largest absolute Gasteiger partial charge is 0.496 e. The van der Waals surface area contributed by atoms with Crippen molar-refractivity contribution in [1.29, 1.82) is 0 Å². The molecule has 8 nitrogen and oxygen atoms in total. The smallest absolute Gasteiger partial charge is 0.167 e. The molecule has 2 aliphatic heterocycles. The second kappa shape index (κ2) is 8.65. The summed E-state index contributed by atoms with van der Waals surface area (Å²) in [6.07, 6.45) is 2.39. The van der Waals surface area contributed by atoms with Crippen molar-refractivity contribution in [2.75, 3.05) is 69.8 Å². The Labute approximate surface area is 178 Å². The van der Waals surface area contributed by atoms with Crippen molar-refractivity contribution >= 4 is 17.3 Å². The Morgan fingerprint density at radius 1 is 0.933 bits per heavy atom. The number of hydrogen-bond donors (Lipinski definition) is 2. The van der Waals surface area contributed by atoms with Crippen molar-refractivity contribution in [2.45, 2.75) is 25.8 Å². The quantitative estimate of drug-likeness (QED) is 0.787. The zero-order chi connectivity index (χ0) is 21.3. The highest BCUT2D eigenvalue weighted by atomic mass is 16.5. The molecule has 2 fully saturated rings. The summed E-state index contributed by atoms with van der Waals surface area (Å²) >= 11 is 0. The zero-order valence-electron chi connectivity index (χ0n) is 18.3. The first-order valence-corrected chi connectivity index (χ1v) is 10.7. The van der Waals surface area contributed by atoms with E-state index in [2.05, 4.69) is 50.8 Å². The molecule has 0 spiro atoms. The third-order valence-corrected chi connectivity index (χ3v) is 6.38. The molecule has 0 bridgehead atoms. The van der Waals surface area contributed by atoms with Crippen LogP contribution < -0.4 is 21.1 Å². The highest BCUT2D eigenvalue weighted by Crippen LogP contribution is 2.36. The predicted molar refractivity (Wildman–Crippen MR) is 122 cm³/mol. The van der Waals surface area contributed by atoms with E-state index in [0.29, 0.717) is 23.5 Å². The number of nitrogens with two attached hydrogens (primary N) is 2. The van der Waals surface area contributed by atoms with Crippen LogP contribution in [-0.2, 0) is 0 Å². The van der Waals surface area contributed by atoms with Gasteiger partial charge in [-0.1, -0.05) is 0 Å². The predicted octanol–water partition coefficient (Wildman–Crippen LogP) is 1.84. The summed E-state index contributed by atoms with van der Waals surface area (Å²) in [7, 11) is 3.89. The van der Waals surface area contributed by atoms with Gasteiger partial charge in [0.15, 0.2) is 5.82 Å². The van der Waals surface area contributed by atoms with Gasteiger partial charge in [0.05, 0.1) is 12.7 Å². The van der Waals surface area contributed by atoms with Gasteiger partial charge in [0.25, 0.3) is 0 Å². The van der Waals surface area contributed by atoms with Crippen molar-refractivity contribution in [3.05, 3.63) is 23.8 Å². The van der Waals surface area contributed by atoms with Crippen molar-refractivity contribution in [2.24, 2.45) is 0 Å². The number of hydrogen-bond acceptors (Lipinski definition) is 8. The number of piperidine rings is 1. The molecular formula is C22H33N7O. The number of nitrogens with zero attached hydrogens (tertiary/aromatic N) is 5. The summed E-state index contributed by atoms with van der Waals surface area (Å²) in [6, 6.07) is 6.43. The van der Waals surface area contributed by atoms with Crippen LogP contribution in [-0.4, -0.2) is 79.2 Å². The van der Waals surface area contributed by atoms with Gasteiger partial charge < -0.3 is 26.0 Å². The minimum absolute atomic E-state index is 0.354. The van der Waals surface area contributed by atoms with Crippen molar-refractivity contribution in [1.82, 2.24) is 19.8 Å². The van der Waals surface area contributed by atoms with Crippen LogP contribution in [0.3, 0.4) is 0 Å². The molecular weight excluding hydrogens is 378 g/mol. The molecule has 2 saturated heterocycles. The maximum atomic E-state index is 5.87. The molecule has 8 heteroatoms. The molecule has 4 rings (SSSR count). The minimum atomic E-state index is 0.354. The van der Waals surface area contributed by atoms with Gasteiger partial charge >= 0.3 is 0 Å². The van der Waals surface area contributed by atoms with Crippen LogP contribution in [0.2, 0.25) is 0 Å². The summed E-state index contributed by atoms with van der Waals surface area (Å²) in [5, 5.41) is 0. The Kier molecular flexibility index (Phi) is 5.97. The van der Waals surface area contributed by atoms with Crippen molar-refractivity contribution in [3.63, 3.8) is 0 Å². The molecule has 2 aliphatic rings. The van der Waals surface area contributed by atoms with Crippen LogP contribution in [0, 0.1) is 6.92 Å². The number of aryl methyl sites for hydroxylation is 1. The van der Waals surface area contributed by atoms with Crippen molar-refractivity contribution in [3.8, 4) is 17.1 Å². The van der Waals surface area contributed by atoms with E-state index in [1.807, 2.05) is 0 Å². The van der Waals surface area contributed by atoms with Gasteiger partial charge in [0, 0.05) is 63.1 Å². The molecule has 0 unspecified atom stereocenters. The number of methoxy groups -OCH3 is 1. The number of piperazine rings is 1. The van der Waals surface area contributed by atoms with E-state index >= 15 is 0 Å². The number of nitrogen functional groups attached to an aromatic ring is 2. The topological polar surface area (TPSA) is 96.8 Å². The zero-order valence-corrected chi connectivity index (χ0v) is 18.3. The molecule has 3 heterocycles. The third kappa shape index (κ3) is 4.29. The van der Waals surface area contributed by atoms with Crippen LogP contribution in [0.5, 0.6) is 5.75 Å². The monoisotopic (exact) mass is 411 g/mol. The van der Waals surface area contributed by atoms with E-state index in [4.69, 9.17) is 16.2 Å². The third-order valence-electron chi connectivity index (χ3n) is 6.38. The highest BCUT2D eigenvalue weighted by Gasteiger charge is 2.27. The SMILES string of the molecule is COc1cc(N2CCC(N3CCN(C)CC3)CC2)c(C)cc1-c1nc(N)cc(N)n1. The van der Waals surface area contributed by atoms with Crippen LogP contribution in [0.1, 0.15) is 18.4 Å². The summed E-state index contributed by atoms with van der Waals surface area (Å²) in [6.45, 7) is 8.96. The molecule has 2 aromatic rings. The fourth-order valence-electron chi connectivity index (χ4n) is 4.63. The lowest BCUT2D eigenvalue weighted by Gasteiger charge is -2.43. The molecule has 30 heavy (non-hydrogen) atoms. The highest BCUT2D eigenvalue weighted by molar-refractivity contribution is 5.73. The van der Waals surface area contributed by atoms with E-state index in [1.165, 1.54) is 50.3 Å². The van der Waals surface area contributed by atoms with Gasteiger partial charge in [-0.25, -0.2) is 9.97 Å². The fraction of sp³-hybridized carbons (Fsp3) is 0.545. The second-order valence-electron chi connectivity index (χ2n) is 8.44. The Bertz CT molecular complexity index is 867. The lowest BCUT2D eigenvalue weighted by Crippen LogP contribution is -2.52. The number of ether oxygens (including phenoxy) is 1. The van der Waals surface area contributed by atoms with Crippen LogP contribution in [0.25, 0.3) is 11.4 Å². The summed E-state index contributed by atoms with van der Waals surface area (Å²) < 4.78 is 5.69. The molecule has 0 atom stereocenters. The number of benzene rings is 1. The molecule has 0 aliphatic carbocycles. The maximum absolute atomic E-state index is 5.87. The molecule has 1 aromatic heterocycles. The maximum Gasteiger partial charge on any atom is 0.167 e. The van der Waals surface area contributed by atoms with Crippen LogP contribution >= 0.6 is 0 Å². The van der Waals surface area contributed by atoms with Crippen LogP contribution in [0.4, 0.5) is 17.3 Å². The first-order chi connectivity index (χ1) is 14.4. The average molecular weight is 412 g/mol. The van der Waals surface area contributed by atoms with Gasteiger partial charge in [0.2, 0.25) is 0 Å². The number of anilines is 3. The molecule has 4 N–H and O–H groups in total. The molecule has 0 amide bonds.